The van der Waals surface area contributed by atoms with Crippen LogP contribution in [-0.4, -0.2) is 12.1 Å². The fourth-order valence-corrected chi connectivity index (χ4v) is 3.72. The van der Waals surface area contributed by atoms with Crippen LogP contribution in [0.15, 0.2) is 59.3 Å². The van der Waals surface area contributed by atoms with Gasteiger partial charge in [-0.05, 0) is 57.4 Å². The second-order valence-corrected chi connectivity index (χ2v) is 7.80. The van der Waals surface area contributed by atoms with Crippen LogP contribution in [0, 0.1) is 0 Å². The summed E-state index contributed by atoms with van der Waals surface area (Å²) >= 11 is 15.7. The maximum Gasteiger partial charge on any atom is 0.175 e. The van der Waals surface area contributed by atoms with Gasteiger partial charge in [-0.15, -0.1) is 0 Å². The minimum absolute atomic E-state index is 0.309. The van der Waals surface area contributed by atoms with Gasteiger partial charge >= 0.3 is 0 Å². The average molecular weight is 482 g/mol. The number of hydrogen-bond donors (Lipinski definition) is 1. The van der Waals surface area contributed by atoms with Crippen LogP contribution in [0.1, 0.15) is 16.7 Å². The largest absolute Gasteiger partial charge is 0.493 e. The highest BCUT2D eigenvalue weighted by Gasteiger charge is 2.13. The molecule has 28 heavy (non-hydrogen) atoms. The van der Waals surface area contributed by atoms with Crippen molar-refractivity contribution in [2.45, 2.75) is 19.7 Å². The SMILES string of the molecule is COc1cc(CNCc2cccnc2)cc(Br)c1OCc1ccc(Cl)cc1Cl. The third-order valence-corrected chi connectivity index (χ3v) is 5.23. The third-order valence-electron chi connectivity index (χ3n) is 4.06. The van der Waals surface area contributed by atoms with E-state index in [0.717, 1.165) is 27.7 Å². The molecule has 0 unspecified atom stereocenters. The Labute approximate surface area is 182 Å². The van der Waals surface area contributed by atoms with Crippen LogP contribution < -0.4 is 14.8 Å². The van der Waals surface area contributed by atoms with Crippen molar-refractivity contribution in [1.29, 1.82) is 0 Å². The van der Waals surface area contributed by atoms with E-state index < -0.39 is 0 Å². The van der Waals surface area contributed by atoms with Crippen molar-refractivity contribution < 1.29 is 9.47 Å². The molecule has 0 amide bonds. The zero-order valence-electron chi connectivity index (χ0n) is 15.2. The van der Waals surface area contributed by atoms with E-state index in [0.29, 0.717) is 34.7 Å². The lowest BCUT2D eigenvalue weighted by Gasteiger charge is -2.15. The maximum atomic E-state index is 6.22. The van der Waals surface area contributed by atoms with Crippen LogP contribution in [0.4, 0.5) is 0 Å². The molecule has 0 aliphatic heterocycles. The Morgan fingerprint density at radius 2 is 1.89 bits per heavy atom. The predicted molar refractivity (Wildman–Crippen MR) is 116 cm³/mol. The van der Waals surface area contributed by atoms with E-state index in [4.69, 9.17) is 32.7 Å². The monoisotopic (exact) mass is 480 g/mol. The minimum Gasteiger partial charge on any atom is -0.493 e. The molecule has 2 aromatic carbocycles. The van der Waals surface area contributed by atoms with Crippen LogP contribution in [0.25, 0.3) is 0 Å². The summed E-state index contributed by atoms with van der Waals surface area (Å²) in [5.74, 6) is 1.28. The predicted octanol–water partition coefficient (Wildman–Crippen LogP) is 6.03. The van der Waals surface area contributed by atoms with Crippen LogP contribution in [0.5, 0.6) is 11.5 Å². The van der Waals surface area contributed by atoms with E-state index in [1.165, 1.54) is 0 Å². The standard InChI is InChI=1S/C21H19BrCl2N2O2/c1-27-20-8-15(12-26-11-14-3-2-6-25-10-14)7-18(22)21(20)28-13-16-4-5-17(23)9-19(16)24/h2-10,26H,11-13H2,1H3. The van der Waals surface area contributed by atoms with Gasteiger partial charge in [0.1, 0.15) is 6.61 Å². The summed E-state index contributed by atoms with van der Waals surface area (Å²) < 4.78 is 12.3. The first-order valence-electron chi connectivity index (χ1n) is 8.59. The van der Waals surface area contributed by atoms with Gasteiger partial charge < -0.3 is 14.8 Å². The molecule has 0 aliphatic rings. The summed E-state index contributed by atoms with van der Waals surface area (Å²) in [6, 6.07) is 13.3. The average Bonchev–Trinajstić information content (AvgIpc) is 2.69. The highest BCUT2D eigenvalue weighted by Crippen LogP contribution is 2.37. The van der Waals surface area contributed by atoms with Crippen molar-refractivity contribution >= 4 is 39.1 Å². The molecule has 4 nitrogen and oxygen atoms in total. The molecule has 1 aromatic heterocycles. The zero-order valence-corrected chi connectivity index (χ0v) is 18.3. The molecule has 3 aromatic rings. The molecule has 3 rings (SSSR count). The molecule has 0 fully saturated rings. The molecule has 0 radical (unpaired) electrons. The summed E-state index contributed by atoms with van der Waals surface area (Å²) in [6.07, 6.45) is 3.61. The minimum atomic E-state index is 0.309. The highest BCUT2D eigenvalue weighted by molar-refractivity contribution is 9.10. The number of halogens is 3. The molecule has 0 saturated heterocycles. The Bertz CT molecular complexity index is 939. The molecule has 146 valence electrons. The lowest BCUT2D eigenvalue weighted by molar-refractivity contribution is 0.282. The number of hydrogen-bond acceptors (Lipinski definition) is 4. The Morgan fingerprint density at radius 3 is 2.61 bits per heavy atom. The molecule has 0 aliphatic carbocycles. The molecular weight excluding hydrogens is 463 g/mol. The van der Waals surface area contributed by atoms with Crippen molar-refractivity contribution in [3.8, 4) is 11.5 Å². The molecule has 0 spiro atoms. The van der Waals surface area contributed by atoms with E-state index in [9.17, 15) is 0 Å². The van der Waals surface area contributed by atoms with Gasteiger partial charge in [0.25, 0.3) is 0 Å². The Kier molecular flexibility index (Phi) is 7.57. The summed E-state index contributed by atoms with van der Waals surface area (Å²) in [7, 11) is 1.62. The normalized spacial score (nSPS) is 10.7. The first-order valence-corrected chi connectivity index (χ1v) is 10.1. The molecule has 0 atom stereocenters. The topological polar surface area (TPSA) is 43.4 Å². The first-order chi connectivity index (χ1) is 13.6. The van der Waals surface area contributed by atoms with Crippen molar-refractivity contribution in [3.05, 3.63) is 86.1 Å². The fourth-order valence-electron chi connectivity index (χ4n) is 2.66. The number of ether oxygens (including phenoxy) is 2. The van der Waals surface area contributed by atoms with Gasteiger partial charge in [0, 0.05) is 41.1 Å². The Balaban J connectivity index is 1.67. The lowest BCUT2D eigenvalue weighted by atomic mass is 10.2. The number of methoxy groups -OCH3 is 1. The van der Waals surface area contributed by atoms with Crippen LogP contribution in [0.3, 0.4) is 0 Å². The van der Waals surface area contributed by atoms with Gasteiger partial charge in [0.05, 0.1) is 11.6 Å². The van der Waals surface area contributed by atoms with Crippen molar-refractivity contribution in [3.63, 3.8) is 0 Å². The molecular formula is C21H19BrCl2N2O2. The van der Waals surface area contributed by atoms with Crippen LogP contribution in [0.2, 0.25) is 10.0 Å². The maximum absolute atomic E-state index is 6.22. The van der Waals surface area contributed by atoms with Crippen LogP contribution in [-0.2, 0) is 19.7 Å². The van der Waals surface area contributed by atoms with E-state index >= 15 is 0 Å². The quantitative estimate of drug-likeness (QED) is 0.426. The van der Waals surface area contributed by atoms with Gasteiger partial charge in [-0.2, -0.15) is 0 Å². The number of nitrogens with one attached hydrogen (secondary N) is 1. The molecule has 1 heterocycles. The van der Waals surface area contributed by atoms with Gasteiger partial charge in [-0.1, -0.05) is 35.3 Å². The number of benzene rings is 2. The first kappa shape index (κ1) is 20.9. The van der Waals surface area contributed by atoms with E-state index in [1.54, 1.807) is 25.4 Å². The highest BCUT2D eigenvalue weighted by atomic mass is 79.9. The van der Waals surface area contributed by atoms with Gasteiger partial charge in [0.2, 0.25) is 0 Å². The van der Waals surface area contributed by atoms with E-state index in [1.807, 2.05) is 36.5 Å². The van der Waals surface area contributed by atoms with Crippen molar-refractivity contribution in [2.24, 2.45) is 0 Å². The molecule has 1 N–H and O–H groups in total. The second kappa shape index (κ2) is 10.1. The summed E-state index contributed by atoms with van der Waals surface area (Å²) in [5, 5.41) is 4.56. The number of aromatic nitrogens is 1. The third kappa shape index (κ3) is 5.61. The molecule has 0 saturated carbocycles. The number of pyridine rings is 1. The van der Waals surface area contributed by atoms with Gasteiger partial charge in [-0.3, -0.25) is 4.98 Å². The zero-order chi connectivity index (χ0) is 19.9. The Morgan fingerprint density at radius 1 is 1.07 bits per heavy atom. The van der Waals surface area contributed by atoms with E-state index in [-0.39, 0.29) is 0 Å². The lowest BCUT2D eigenvalue weighted by Crippen LogP contribution is -2.13. The second-order valence-electron chi connectivity index (χ2n) is 6.10. The van der Waals surface area contributed by atoms with Crippen LogP contribution >= 0.6 is 39.1 Å². The van der Waals surface area contributed by atoms with Gasteiger partial charge in [0.15, 0.2) is 11.5 Å². The summed E-state index contributed by atoms with van der Waals surface area (Å²) in [5.41, 5.74) is 3.06. The summed E-state index contributed by atoms with van der Waals surface area (Å²) in [6.45, 7) is 1.73. The van der Waals surface area contributed by atoms with Gasteiger partial charge in [-0.25, -0.2) is 0 Å². The van der Waals surface area contributed by atoms with E-state index in [2.05, 4.69) is 26.2 Å². The molecule has 0 bridgehead atoms. The Hall–Kier alpha value is -1.79. The summed E-state index contributed by atoms with van der Waals surface area (Å²) in [4.78, 5) is 4.12. The van der Waals surface area contributed by atoms with Crippen molar-refractivity contribution in [2.75, 3.05) is 7.11 Å². The number of rotatable bonds is 8. The fraction of sp³-hybridized carbons (Fsp3) is 0.190. The number of nitrogens with zero attached hydrogens (tertiary/aromatic N) is 1. The van der Waals surface area contributed by atoms with Crippen molar-refractivity contribution in [1.82, 2.24) is 10.3 Å². The molecule has 7 heteroatoms. The smallest absolute Gasteiger partial charge is 0.175 e.